The predicted molar refractivity (Wildman–Crippen MR) is 427 cm³/mol. The number of methoxy groups -OCH3 is 3. The van der Waals surface area contributed by atoms with Gasteiger partial charge in [0.05, 0.1) is 75.8 Å². The largest absolute Gasteiger partial charge is 0.508 e. The molecule has 18 heteroatoms. The number of rotatable bonds is 12. The van der Waals surface area contributed by atoms with Gasteiger partial charge in [-0.15, -0.1) is 0 Å². The number of aromatic nitrogens is 8. The minimum absolute atomic E-state index is 0.240. The quantitative estimate of drug-likeness (QED) is 0.0682. The summed E-state index contributed by atoms with van der Waals surface area (Å²) in [5.41, 5.74) is 23.4. The Labute approximate surface area is 622 Å². The second-order valence-corrected chi connectivity index (χ2v) is 26.2. The number of hydrogen-bond acceptors (Lipinski definition) is 10. The van der Waals surface area contributed by atoms with Gasteiger partial charge in [-0.3, -0.25) is 5.10 Å². The van der Waals surface area contributed by atoms with Crippen molar-refractivity contribution in [3.05, 3.63) is 319 Å². The Kier molecular flexibility index (Phi) is 27.0. The van der Waals surface area contributed by atoms with E-state index in [1.165, 1.54) is 37.0 Å². The summed E-state index contributed by atoms with van der Waals surface area (Å²) >= 11 is 9.12. The fourth-order valence-electron chi connectivity index (χ4n) is 11.1. The van der Waals surface area contributed by atoms with Gasteiger partial charge >= 0.3 is 7.12 Å². The molecule has 0 aliphatic heterocycles. The van der Waals surface area contributed by atoms with Gasteiger partial charge in [0.15, 0.2) is 0 Å². The Morgan fingerprint density at radius 1 is 0.366 bits per heavy atom. The van der Waals surface area contributed by atoms with Gasteiger partial charge in [-0.05, 0) is 214 Å². The zero-order valence-electron chi connectivity index (χ0n) is 58.2. The van der Waals surface area contributed by atoms with Gasteiger partial charge in [-0.25, -0.2) is 14.0 Å². The Morgan fingerprint density at radius 2 is 0.713 bits per heavy atom. The van der Waals surface area contributed by atoms with Crippen LogP contribution in [0.1, 0.15) is 45.6 Å². The summed E-state index contributed by atoms with van der Waals surface area (Å²) in [6, 6.07) is 86.1. The van der Waals surface area contributed by atoms with Gasteiger partial charge in [0.1, 0.15) is 23.0 Å². The summed E-state index contributed by atoms with van der Waals surface area (Å²) in [6.07, 6.45) is 0. The SMILES string of the molecule is COc1cccc(-n2nc(C)c(-c3ccc(-c4ccccc4)cc3)c2C)c1.COc1cccc(-n2nc(C)c(Br)c2C)c1.COc1cccc(I)c1.Cc1n[nH]c(C)c1Br.Cc1nn(-c2cccc(O)c2)c(C)c1-c1ccc(-c2ccccc2)cc1.OB(O)c1ccc(-c2ccccc2)cc1. The molecule has 4 N–H and O–H groups in total. The zero-order chi connectivity index (χ0) is 72.1. The number of nitrogens with zero attached hydrogens (tertiary/aromatic N) is 7. The number of phenolic OH excluding ortho intramolecular Hbond substituents is 1. The molecule has 14 rings (SSSR count). The van der Waals surface area contributed by atoms with E-state index in [2.05, 4.69) is 193 Å². The van der Waals surface area contributed by atoms with E-state index in [1.807, 2.05) is 188 Å². The van der Waals surface area contributed by atoms with Gasteiger partial charge in [-0.2, -0.15) is 20.4 Å². The molecule has 4 aromatic heterocycles. The predicted octanol–water partition coefficient (Wildman–Crippen LogP) is 19.7. The zero-order valence-corrected chi connectivity index (χ0v) is 63.6. The fourth-order valence-corrected chi connectivity index (χ4v) is 12.1. The van der Waals surface area contributed by atoms with E-state index >= 15 is 0 Å². The maximum absolute atomic E-state index is 9.76. The van der Waals surface area contributed by atoms with Gasteiger partial charge in [0.2, 0.25) is 0 Å². The first-order valence-corrected chi connectivity index (χ1v) is 35.1. The third-order valence-corrected chi connectivity index (χ3v) is 19.4. The standard InChI is InChI=1S/C24H22N2O.C23H20N2O.C12H11BO2.C12H13BrN2O.C7H7IO.C5H7BrN2/c1-17-24(18(2)26(25-17)22-10-7-11-23(16-22)27-3)21-14-12-20(13-15-21)19-8-5-4-6-9-19;1-16-23(17(2)25(24-16)21-9-6-10-22(26)15-21)20-13-11-19(12-14-20)18-7-4-3-5-8-18;14-13(15)12-8-6-11(7-9-12)10-4-2-1-3-5-10;1-8-12(13)9(2)15(14-8)10-5-4-6-11(7-10)16-3;1-9-7-4-2-3-6(8)5-7;1-3-5(6)4(2)8-7-3/h4-16H,1-3H3;3-15,26H,1-2H3;1-9,14-15H;4-7H,1-3H3;2-5H,1H3;1-2H3,(H,7,8). The molecular formula is C83H80BBr2IN8O6. The summed E-state index contributed by atoms with van der Waals surface area (Å²) in [4.78, 5) is 0. The van der Waals surface area contributed by atoms with E-state index in [1.54, 1.807) is 45.6 Å². The number of phenols is 1. The lowest BCUT2D eigenvalue weighted by molar-refractivity contribution is 0.414. The molecule has 0 aliphatic carbocycles. The Hall–Kier alpha value is -10.1. The molecule has 101 heavy (non-hydrogen) atoms. The molecule has 0 unspecified atom stereocenters. The highest BCUT2D eigenvalue weighted by Gasteiger charge is 2.18. The number of hydrogen-bond donors (Lipinski definition) is 4. The molecule has 14 aromatic rings. The van der Waals surface area contributed by atoms with Crippen LogP contribution in [-0.4, -0.2) is 83.1 Å². The van der Waals surface area contributed by atoms with Crippen molar-refractivity contribution in [1.82, 2.24) is 39.5 Å². The molecular weight excluding hydrogens is 1500 g/mol. The number of benzene rings is 10. The van der Waals surface area contributed by atoms with Crippen molar-refractivity contribution >= 4 is 67.0 Å². The first-order chi connectivity index (χ1) is 48.7. The van der Waals surface area contributed by atoms with Crippen LogP contribution in [-0.2, 0) is 0 Å². The molecule has 0 bridgehead atoms. The van der Waals surface area contributed by atoms with Crippen molar-refractivity contribution in [2.75, 3.05) is 21.3 Å². The van der Waals surface area contributed by atoms with E-state index in [-0.39, 0.29) is 5.75 Å². The number of nitrogens with one attached hydrogen (secondary N) is 1. The van der Waals surface area contributed by atoms with Crippen LogP contribution < -0.4 is 19.7 Å². The Bertz CT molecular complexity index is 4930. The summed E-state index contributed by atoms with van der Waals surface area (Å²) in [6.45, 7) is 16.2. The molecule has 4 heterocycles. The second-order valence-electron chi connectivity index (χ2n) is 23.4. The van der Waals surface area contributed by atoms with Gasteiger partial charge in [0.25, 0.3) is 0 Å². The molecule has 0 aliphatic rings. The van der Waals surface area contributed by atoms with Crippen LogP contribution in [0, 0.1) is 59.0 Å². The molecule has 0 spiro atoms. The third kappa shape index (κ3) is 19.9. The topological polar surface area (TPSA) is 171 Å². The van der Waals surface area contributed by atoms with E-state index < -0.39 is 7.12 Å². The van der Waals surface area contributed by atoms with Crippen LogP contribution in [0.2, 0.25) is 0 Å². The molecule has 0 atom stereocenters. The van der Waals surface area contributed by atoms with Crippen LogP contribution in [0.25, 0.3) is 72.7 Å². The number of aromatic amines is 1. The van der Waals surface area contributed by atoms with E-state index in [4.69, 9.17) is 29.4 Å². The Balaban J connectivity index is 0.000000148. The molecule has 0 saturated heterocycles. The molecule has 0 saturated carbocycles. The molecule has 0 amide bonds. The Morgan fingerprint density at radius 3 is 1.04 bits per heavy atom. The van der Waals surface area contributed by atoms with Crippen molar-refractivity contribution in [3.63, 3.8) is 0 Å². The van der Waals surface area contributed by atoms with E-state index in [0.29, 0.717) is 5.46 Å². The lowest BCUT2D eigenvalue weighted by Gasteiger charge is -2.08. The minimum atomic E-state index is -1.39. The lowest BCUT2D eigenvalue weighted by atomic mass is 9.80. The molecule has 10 aromatic carbocycles. The lowest BCUT2D eigenvalue weighted by Crippen LogP contribution is -2.29. The smallest absolute Gasteiger partial charge is 0.488 e. The van der Waals surface area contributed by atoms with Gasteiger partial charge < -0.3 is 29.4 Å². The maximum Gasteiger partial charge on any atom is 0.488 e. The summed E-state index contributed by atoms with van der Waals surface area (Å²) in [5.74, 6) is 2.82. The highest BCUT2D eigenvalue weighted by atomic mass is 127. The average molecular weight is 1580 g/mol. The van der Waals surface area contributed by atoms with E-state index in [0.717, 1.165) is 111 Å². The number of ether oxygens (including phenoxy) is 3. The minimum Gasteiger partial charge on any atom is -0.508 e. The first kappa shape index (κ1) is 75.1. The molecule has 0 radical (unpaired) electrons. The van der Waals surface area contributed by atoms with Crippen molar-refractivity contribution in [1.29, 1.82) is 0 Å². The van der Waals surface area contributed by atoms with Crippen LogP contribution >= 0.6 is 54.5 Å². The van der Waals surface area contributed by atoms with Crippen molar-refractivity contribution in [2.45, 2.75) is 55.4 Å². The number of aryl methyl sites for hydroxylation is 5. The highest BCUT2D eigenvalue weighted by molar-refractivity contribution is 14.1. The third-order valence-electron chi connectivity index (χ3n) is 16.4. The van der Waals surface area contributed by atoms with Crippen LogP contribution in [0.5, 0.6) is 23.0 Å². The summed E-state index contributed by atoms with van der Waals surface area (Å²) in [7, 11) is 3.62. The first-order valence-electron chi connectivity index (χ1n) is 32.5. The summed E-state index contributed by atoms with van der Waals surface area (Å²) in [5, 5.41) is 48.3. The van der Waals surface area contributed by atoms with Crippen molar-refractivity contribution < 1.29 is 29.4 Å². The normalized spacial score (nSPS) is 10.4. The monoisotopic (exact) mass is 1580 g/mol. The molecule has 512 valence electrons. The fraction of sp³-hybridized carbons (Fsp3) is 0.133. The second kappa shape index (κ2) is 36.3. The number of H-pyrrole nitrogens is 1. The average Bonchev–Trinajstić information content (AvgIpc) is 1.66. The van der Waals surface area contributed by atoms with E-state index in [9.17, 15) is 5.11 Å². The maximum atomic E-state index is 9.76. The van der Waals surface area contributed by atoms with Crippen molar-refractivity contribution in [2.24, 2.45) is 0 Å². The van der Waals surface area contributed by atoms with Gasteiger partial charge in [-0.1, -0.05) is 188 Å². The highest BCUT2D eigenvalue weighted by Crippen LogP contribution is 2.34. The van der Waals surface area contributed by atoms with Gasteiger partial charge in [0, 0.05) is 50.0 Å². The van der Waals surface area contributed by atoms with Crippen LogP contribution in [0.3, 0.4) is 0 Å². The summed E-state index contributed by atoms with van der Waals surface area (Å²) < 4.78 is 24.6. The number of halogens is 3. The molecule has 14 nitrogen and oxygen atoms in total. The van der Waals surface area contributed by atoms with Crippen LogP contribution in [0.15, 0.2) is 270 Å². The van der Waals surface area contributed by atoms with Crippen LogP contribution in [0.4, 0.5) is 0 Å². The number of aromatic hydroxyl groups is 1. The molecule has 0 fully saturated rings. The van der Waals surface area contributed by atoms with Crippen molar-refractivity contribution in [3.8, 4) is 95.7 Å².